The predicted octanol–water partition coefficient (Wildman–Crippen LogP) is 17.0. The molecule has 0 fully saturated rings. The van der Waals surface area contributed by atoms with Crippen LogP contribution in [0, 0.1) is 0 Å². The Bertz CT molecular complexity index is 3940. The first-order valence-electron chi connectivity index (χ1n) is 22.9. The van der Waals surface area contributed by atoms with Crippen molar-refractivity contribution >= 4 is 53.3 Å². The summed E-state index contributed by atoms with van der Waals surface area (Å²) in [5, 5.41) is 4.97. The van der Waals surface area contributed by atoms with Crippen molar-refractivity contribution in [2.75, 3.05) is 0 Å². The van der Waals surface area contributed by atoms with Gasteiger partial charge < -0.3 is 4.57 Å². The Morgan fingerprint density at radius 2 is 0.750 bits per heavy atom. The summed E-state index contributed by atoms with van der Waals surface area (Å²) in [4.78, 5) is 15.7. The SMILES string of the molecule is c1ccc(-c2nc(-c3ccccc3)nc(-c3cc(-c4ccc(-c5ccccc5)c(-c5ccccc5)c4)ccc3-c3ccc4sc5cc6c7ccccc7n(-c7ccccc7)c6cc5c4c3)n2)cc1. The van der Waals surface area contributed by atoms with Crippen LogP contribution in [0.15, 0.2) is 243 Å². The van der Waals surface area contributed by atoms with Crippen molar-refractivity contribution in [3.63, 3.8) is 0 Å². The quantitative estimate of drug-likeness (QED) is 0.153. The van der Waals surface area contributed by atoms with Gasteiger partial charge in [-0.3, -0.25) is 0 Å². The number of para-hydroxylation sites is 2. The molecule has 318 valence electrons. The summed E-state index contributed by atoms with van der Waals surface area (Å²) in [6.45, 7) is 0. The fraction of sp³-hybridized carbons (Fsp3) is 0. The summed E-state index contributed by atoms with van der Waals surface area (Å²) in [6.07, 6.45) is 0. The van der Waals surface area contributed by atoms with E-state index in [0.29, 0.717) is 17.5 Å². The number of nitrogens with zero attached hydrogens (tertiary/aromatic N) is 4. The van der Waals surface area contributed by atoms with Crippen LogP contribution in [-0.4, -0.2) is 19.5 Å². The van der Waals surface area contributed by atoms with E-state index in [1.807, 2.05) is 47.7 Å². The molecule has 0 saturated heterocycles. The van der Waals surface area contributed by atoms with Crippen molar-refractivity contribution in [3.05, 3.63) is 243 Å². The van der Waals surface area contributed by atoms with Crippen LogP contribution in [0.5, 0.6) is 0 Å². The number of hydrogen-bond acceptors (Lipinski definition) is 4. The Kier molecular flexibility index (Phi) is 9.66. The number of fused-ring (bicyclic) bond motifs is 6. The molecule has 0 atom stereocenters. The third kappa shape index (κ3) is 6.96. The second-order valence-corrected chi connectivity index (χ2v) is 18.2. The smallest absolute Gasteiger partial charge is 0.164 e. The molecule has 10 aromatic carbocycles. The van der Waals surface area contributed by atoms with Crippen molar-refractivity contribution in [2.24, 2.45) is 0 Å². The van der Waals surface area contributed by atoms with E-state index < -0.39 is 0 Å². The van der Waals surface area contributed by atoms with E-state index in [1.165, 1.54) is 64.2 Å². The molecule has 0 spiro atoms. The molecule has 0 bridgehead atoms. The van der Waals surface area contributed by atoms with Gasteiger partial charge >= 0.3 is 0 Å². The summed E-state index contributed by atoms with van der Waals surface area (Å²) in [5.41, 5.74) is 15.4. The lowest BCUT2D eigenvalue weighted by Crippen LogP contribution is -2.01. The Hall–Kier alpha value is -8.77. The summed E-state index contributed by atoms with van der Waals surface area (Å²) in [6, 6.07) is 86.5. The van der Waals surface area contributed by atoms with E-state index in [2.05, 4.69) is 211 Å². The minimum Gasteiger partial charge on any atom is -0.309 e. The average Bonchev–Trinajstić information content (AvgIpc) is 3.95. The van der Waals surface area contributed by atoms with Crippen molar-refractivity contribution in [2.45, 2.75) is 0 Å². The minimum atomic E-state index is 0.614. The topological polar surface area (TPSA) is 43.6 Å². The maximum Gasteiger partial charge on any atom is 0.164 e. The molecule has 4 nitrogen and oxygen atoms in total. The number of hydrogen-bond donors (Lipinski definition) is 0. The Morgan fingerprint density at radius 1 is 0.265 bits per heavy atom. The first-order valence-corrected chi connectivity index (χ1v) is 23.7. The number of aromatic nitrogens is 4. The lowest BCUT2D eigenvalue weighted by Gasteiger charge is -2.16. The van der Waals surface area contributed by atoms with Gasteiger partial charge in [-0.25, -0.2) is 15.0 Å². The number of rotatable bonds is 8. The molecule has 68 heavy (non-hydrogen) atoms. The molecule has 0 aliphatic rings. The molecular weight excluding hydrogens is 845 g/mol. The number of thiophene rings is 1. The van der Waals surface area contributed by atoms with Gasteiger partial charge in [0.15, 0.2) is 17.5 Å². The molecular formula is C63H40N4S. The molecule has 0 saturated carbocycles. The van der Waals surface area contributed by atoms with Gasteiger partial charge in [0.05, 0.1) is 11.0 Å². The molecule has 0 aliphatic heterocycles. The van der Waals surface area contributed by atoms with Crippen LogP contribution in [-0.2, 0) is 0 Å². The zero-order valence-electron chi connectivity index (χ0n) is 36.8. The van der Waals surface area contributed by atoms with E-state index in [1.54, 1.807) is 0 Å². The van der Waals surface area contributed by atoms with Crippen LogP contribution in [0.4, 0.5) is 0 Å². The standard InChI is InChI=1S/C63H40N4S/c1-6-18-41(19-7-1)49-33-30-45(36-52(49)42-20-8-2-9-21-42)46-31-34-50(56(37-46)63-65-61(43-22-10-3-11-23-43)64-62(66-63)44-24-12-4-13-25-44)47-32-35-59-54(38-47)55-39-58-53(40-60(55)68-59)51-28-16-17-29-57(51)67(58)48-26-14-5-15-27-48/h1-40H. The van der Waals surface area contributed by atoms with Crippen LogP contribution in [0.2, 0.25) is 0 Å². The molecule has 0 unspecified atom stereocenters. The van der Waals surface area contributed by atoms with Gasteiger partial charge in [-0.05, 0) is 99.1 Å². The van der Waals surface area contributed by atoms with Gasteiger partial charge in [0.2, 0.25) is 0 Å². The maximum atomic E-state index is 5.31. The molecule has 0 aliphatic carbocycles. The lowest BCUT2D eigenvalue weighted by atomic mass is 9.89. The third-order valence-electron chi connectivity index (χ3n) is 13.1. The van der Waals surface area contributed by atoms with Crippen LogP contribution in [0.1, 0.15) is 0 Å². The molecule has 3 aromatic heterocycles. The Balaban J connectivity index is 1.04. The van der Waals surface area contributed by atoms with Gasteiger partial charge in [0.25, 0.3) is 0 Å². The Labute approximate surface area is 397 Å². The third-order valence-corrected chi connectivity index (χ3v) is 14.2. The zero-order chi connectivity index (χ0) is 45.0. The summed E-state index contributed by atoms with van der Waals surface area (Å²) in [7, 11) is 0. The van der Waals surface area contributed by atoms with Crippen molar-refractivity contribution in [1.82, 2.24) is 19.5 Å². The second-order valence-electron chi connectivity index (χ2n) is 17.2. The lowest BCUT2D eigenvalue weighted by molar-refractivity contribution is 1.07. The molecule has 0 N–H and O–H groups in total. The Morgan fingerprint density at radius 3 is 1.38 bits per heavy atom. The van der Waals surface area contributed by atoms with E-state index in [4.69, 9.17) is 15.0 Å². The largest absolute Gasteiger partial charge is 0.309 e. The van der Waals surface area contributed by atoms with Crippen LogP contribution in [0.25, 0.3) is 126 Å². The van der Waals surface area contributed by atoms with Crippen molar-refractivity contribution in [3.8, 4) is 84.4 Å². The molecule has 13 aromatic rings. The fourth-order valence-electron chi connectivity index (χ4n) is 9.80. The monoisotopic (exact) mass is 884 g/mol. The molecule has 0 amide bonds. The highest BCUT2D eigenvalue weighted by molar-refractivity contribution is 7.25. The first-order chi connectivity index (χ1) is 33.7. The van der Waals surface area contributed by atoms with Gasteiger partial charge in [-0.1, -0.05) is 188 Å². The average molecular weight is 885 g/mol. The van der Waals surface area contributed by atoms with Crippen LogP contribution in [0.3, 0.4) is 0 Å². The van der Waals surface area contributed by atoms with E-state index in [-0.39, 0.29) is 0 Å². The zero-order valence-corrected chi connectivity index (χ0v) is 37.6. The number of benzene rings is 10. The summed E-state index contributed by atoms with van der Waals surface area (Å²) >= 11 is 1.85. The molecule has 5 heteroatoms. The van der Waals surface area contributed by atoms with Gasteiger partial charge in [0.1, 0.15) is 0 Å². The first kappa shape index (κ1) is 39.6. The molecule has 0 radical (unpaired) electrons. The molecule has 13 rings (SSSR count). The van der Waals surface area contributed by atoms with Crippen molar-refractivity contribution in [1.29, 1.82) is 0 Å². The van der Waals surface area contributed by atoms with E-state index in [9.17, 15) is 0 Å². The fourth-order valence-corrected chi connectivity index (χ4v) is 10.9. The van der Waals surface area contributed by atoms with Crippen LogP contribution >= 0.6 is 11.3 Å². The summed E-state index contributed by atoms with van der Waals surface area (Å²) in [5.74, 6) is 1.87. The normalized spacial score (nSPS) is 11.5. The molecule has 3 heterocycles. The van der Waals surface area contributed by atoms with E-state index in [0.717, 1.165) is 44.6 Å². The highest BCUT2D eigenvalue weighted by Gasteiger charge is 2.20. The maximum absolute atomic E-state index is 5.31. The second kappa shape index (κ2) is 16.6. The minimum absolute atomic E-state index is 0.614. The van der Waals surface area contributed by atoms with Gasteiger partial charge in [-0.15, -0.1) is 11.3 Å². The van der Waals surface area contributed by atoms with Gasteiger partial charge in [-0.2, -0.15) is 0 Å². The van der Waals surface area contributed by atoms with Crippen molar-refractivity contribution < 1.29 is 0 Å². The highest BCUT2D eigenvalue weighted by atomic mass is 32.1. The predicted molar refractivity (Wildman–Crippen MR) is 285 cm³/mol. The van der Waals surface area contributed by atoms with Gasteiger partial charge in [0, 0.05) is 53.3 Å². The summed E-state index contributed by atoms with van der Waals surface area (Å²) < 4.78 is 4.91. The highest BCUT2D eigenvalue weighted by Crippen LogP contribution is 2.44. The van der Waals surface area contributed by atoms with Crippen LogP contribution < -0.4 is 0 Å². The van der Waals surface area contributed by atoms with E-state index >= 15 is 0 Å².